The van der Waals surface area contributed by atoms with Gasteiger partial charge in [0.2, 0.25) is 5.91 Å². The number of carbonyl (C=O) groups is 3. The molecule has 8 heteroatoms. The van der Waals surface area contributed by atoms with E-state index in [0.717, 1.165) is 29.7 Å². The Balaban J connectivity index is 0.00000243. The molecule has 1 saturated heterocycles. The number of halogens is 1. The standard InChI is InChI=1S/C18H24N4O3.ClH/c19-14-6-4-13(5-7-14)8-11-20-15(23)12-22-16(24)18(21-17(22)25)9-2-1-3-10-18;/h4-7H,1-3,8-12,19H2,(H,20,23)(H,21,25);1H. The second-order valence-electron chi connectivity index (χ2n) is 6.81. The molecule has 1 aliphatic carbocycles. The zero-order chi connectivity index (χ0) is 17.9. The third-order valence-electron chi connectivity index (χ3n) is 4.97. The van der Waals surface area contributed by atoms with Crippen molar-refractivity contribution in [2.75, 3.05) is 18.8 Å². The molecule has 1 heterocycles. The van der Waals surface area contributed by atoms with Crippen molar-refractivity contribution in [1.82, 2.24) is 15.5 Å². The number of nitrogens with one attached hydrogen (secondary N) is 2. The van der Waals surface area contributed by atoms with Gasteiger partial charge in [-0.3, -0.25) is 14.5 Å². The van der Waals surface area contributed by atoms with Crippen molar-refractivity contribution in [3.63, 3.8) is 0 Å². The molecule has 1 aliphatic heterocycles. The molecule has 4 amide bonds. The fourth-order valence-electron chi connectivity index (χ4n) is 3.54. The number of imide groups is 1. The molecule has 0 aromatic heterocycles. The Hall–Kier alpha value is -2.28. The van der Waals surface area contributed by atoms with E-state index in [1.54, 1.807) is 0 Å². The topological polar surface area (TPSA) is 105 Å². The van der Waals surface area contributed by atoms with Gasteiger partial charge in [0.25, 0.3) is 5.91 Å². The van der Waals surface area contributed by atoms with E-state index in [9.17, 15) is 14.4 Å². The molecular weight excluding hydrogens is 356 g/mol. The molecule has 26 heavy (non-hydrogen) atoms. The number of benzene rings is 1. The molecule has 2 fully saturated rings. The van der Waals surface area contributed by atoms with Crippen LogP contribution in [0.3, 0.4) is 0 Å². The van der Waals surface area contributed by atoms with Crippen LogP contribution in [0.15, 0.2) is 24.3 Å². The second kappa shape index (κ2) is 8.40. The maximum absolute atomic E-state index is 12.6. The molecular formula is C18H25ClN4O3. The summed E-state index contributed by atoms with van der Waals surface area (Å²) in [6, 6.07) is 6.99. The minimum atomic E-state index is -0.778. The molecule has 1 aromatic rings. The molecule has 0 radical (unpaired) electrons. The number of hydrogen-bond acceptors (Lipinski definition) is 4. The first-order chi connectivity index (χ1) is 12.0. The van der Waals surface area contributed by atoms with Crippen molar-refractivity contribution in [1.29, 1.82) is 0 Å². The highest BCUT2D eigenvalue weighted by Gasteiger charge is 2.51. The molecule has 3 rings (SSSR count). The number of rotatable bonds is 5. The number of urea groups is 1. The van der Waals surface area contributed by atoms with Crippen LogP contribution in [0.5, 0.6) is 0 Å². The Kier molecular flexibility index (Phi) is 6.47. The van der Waals surface area contributed by atoms with Crippen molar-refractivity contribution < 1.29 is 14.4 Å². The van der Waals surface area contributed by atoms with E-state index in [1.165, 1.54) is 0 Å². The first-order valence-electron chi connectivity index (χ1n) is 8.75. The molecule has 1 spiro atoms. The van der Waals surface area contributed by atoms with Crippen molar-refractivity contribution >= 4 is 35.9 Å². The maximum atomic E-state index is 12.6. The summed E-state index contributed by atoms with van der Waals surface area (Å²) in [6.07, 6.45) is 4.91. The Bertz CT molecular complexity index is 672. The molecule has 142 valence electrons. The Labute approximate surface area is 159 Å². The summed E-state index contributed by atoms with van der Waals surface area (Å²) in [5.74, 6) is -0.585. The molecule has 0 atom stereocenters. The van der Waals surface area contributed by atoms with Crippen molar-refractivity contribution in [2.45, 2.75) is 44.1 Å². The highest BCUT2D eigenvalue weighted by atomic mass is 35.5. The lowest BCUT2D eigenvalue weighted by atomic mass is 9.82. The summed E-state index contributed by atoms with van der Waals surface area (Å²) < 4.78 is 0. The van der Waals surface area contributed by atoms with E-state index in [4.69, 9.17) is 5.73 Å². The smallest absolute Gasteiger partial charge is 0.325 e. The Morgan fingerprint density at radius 1 is 1.15 bits per heavy atom. The minimum absolute atomic E-state index is 0. The molecule has 2 aliphatic rings. The SMILES string of the molecule is Cl.Nc1ccc(CCNC(=O)CN2C(=O)NC3(CCCCC3)C2=O)cc1. The van der Waals surface area contributed by atoms with Crippen LogP contribution in [0.25, 0.3) is 0 Å². The van der Waals surface area contributed by atoms with Crippen molar-refractivity contribution in [3.8, 4) is 0 Å². The summed E-state index contributed by atoms with van der Waals surface area (Å²) in [4.78, 5) is 37.9. The van der Waals surface area contributed by atoms with E-state index < -0.39 is 11.6 Å². The lowest BCUT2D eigenvalue weighted by molar-refractivity contribution is -0.135. The van der Waals surface area contributed by atoms with Gasteiger partial charge in [-0.15, -0.1) is 12.4 Å². The third-order valence-corrected chi connectivity index (χ3v) is 4.97. The van der Waals surface area contributed by atoms with Gasteiger partial charge in [0.1, 0.15) is 12.1 Å². The largest absolute Gasteiger partial charge is 0.399 e. The monoisotopic (exact) mass is 380 g/mol. The van der Waals surface area contributed by atoms with Crippen LogP contribution in [0.2, 0.25) is 0 Å². The number of hydrogen-bond donors (Lipinski definition) is 3. The van der Waals surface area contributed by atoms with Gasteiger partial charge in [0.15, 0.2) is 0 Å². The van der Waals surface area contributed by atoms with Gasteiger partial charge >= 0.3 is 6.03 Å². The highest BCUT2D eigenvalue weighted by Crippen LogP contribution is 2.33. The zero-order valence-electron chi connectivity index (χ0n) is 14.6. The van der Waals surface area contributed by atoms with Crippen LogP contribution in [-0.2, 0) is 16.0 Å². The summed E-state index contributed by atoms with van der Waals surface area (Å²) in [5, 5.41) is 5.57. The summed E-state index contributed by atoms with van der Waals surface area (Å²) in [7, 11) is 0. The number of anilines is 1. The number of nitrogens with two attached hydrogens (primary N) is 1. The molecule has 0 bridgehead atoms. The third kappa shape index (κ3) is 4.27. The molecule has 1 aromatic carbocycles. The normalized spacial score (nSPS) is 18.4. The predicted octanol–water partition coefficient (Wildman–Crippen LogP) is 1.60. The van der Waals surface area contributed by atoms with Gasteiger partial charge in [-0.1, -0.05) is 31.4 Å². The lowest BCUT2D eigenvalue weighted by Gasteiger charge is -2.30. The van der Waals surface area contributed by atoms with Gasteiger partial charge in [-0.25, -0.2) is 4.79 Å². The van der Waals surface area contributed by atoms with Gasteiger partial charge < -0.3 is 16.4 Å². The lowest BCUT2D eigenvalue weighted by Crippen LogP contribution is -2.49. The fraction of sp³-hybridized carbons (Fsp3) is 0.500. The van der Waals surface area contributed by atoms with Crippen LogP contribution in [0.4, 0.5) is 10.5 Å². The van der Waals surface area contributed by atoms with E-state index in [0.29, 0.717) is 31.5 Å². The number of nitrogen functional groups attached to an aromatic ring is 1. The first kappa shape index (κ1) is 20.0. The van der Waals surface area contributed by atoms with Gasteiger partial charge in [0, 0.05) is 12.2 Å². The molecule has 4 N–H and O–H groups in total. The number of nitrogens with zero attached hydrogens (tertiary/aromatic N) is 1. The van der Waals surface area contributed by atoms with E-state index in [-0.39, 0.29) is 30.8 Å². The van der Waals surface area contributed by atoms with Gasteiger partial charge in [0.05, 0.1) is 0 Å². The zero-order valence-corrected chi connectivity index (χ0v) is 15.4. The number of carbonyl (C=O) groups excluding carboxylic acids is 3. The Morgan fingerprint density at radius 3 is 2.46 bits per heavy atom. The average Bonchev–Trinajstić information content (AvgIpc) is 2.81. The molecule has 1 saturated carbocycles. The molecule has 0 unspecified atom stereocenters. The van der Waals surface area contributed by atoms with E-state index in [1.807, 2.05) is 24.3 Å². The quantitative estimate of drug-likeness (QED) is 0.533. The van der Waals surface area contributed by atoms with Crippen LogP contribution in [-0.4, -0.2) is 41.4 Å². The van der Waals surface area contributed by atoms with Crippen molar-refractivity contribution in [3.05, 3.63) is 29.8 Å². The predicted molar refractivity (Wildman–Crippen MR) is 101 cm³/mol. The fourth-order valence-corrected chi connectivity index (χ4v) is 3.54. The highest BCUT2D eigenvalue weighted by molar-refractivity contribution is 6.09. The summed E-state index contributed by atoms with van der Waals surface area (Å²) >= 11 is 0. The van der Waals surface area contributed by atoms with Crippen molar-refractivity contribution in [2.24, 2.45) is 0 Å². The van der Waals surface area contributed by atoms with Gasteiger partial charge in [-0.2, -0.15) is 0 Å². The molecule has 7 nitrogen and oxygen atoms in total. The summed E-state index contributed by atoms with van der Waals surface area (Å²) in [6.45, 7) is 0.214. The van der Waals surface area contributed by atoms with Crippen LogP contribution in [0.1, 0.15) is 37.7 Å². The Morgan fingerprint density at radius 2 is 1.81 bits per heavy atom. The second-order valence-corrected chi connectivity index (χ2v) is 6.81. The number of amides is 4. The van der Waals surface area contributed by atoms with E-state index in [2.05, 4.69) is 10.6 Å². The van der Waals surface area contributed by atoms with E-state index >= 15 is 0 Å². The minimum Gasteiger partial charge on any atom is -0.399 e. The van der Waals surface area contributed by atoms with Crippen LogP contribution in [0, 0.1) is 0 Å². The van der Waals surface area contributed by atoms with Crippen LogP contribution >= 0.6 is 12.4 Å². The summed E-state index contributed by atoms with van der Waals surface area (Å²) in [5.41, 5.74) is 6.61. The maximum Gasteiger partial charge on any atom is 0.325 e. The van der Waals surface area contributed by atoms with Gasteiger partial charge in [-0.05, 0) is 37.0 Å². The first-order valence-corrected chi connectivity index (χ1v) is 8.75. The average molecular weight is 381 g/mol. The van der Waals surface area contributed by atoms with Crippen LogP contribution < -0.4 is 16.4 Å².